The molecular weight excluding hydrogens is 312 g/mol. The molecule has 1 aromatic rings. The van der Waals surface area contributed by atoms with Crippen LogP contribution in [0, 0.1) is 0 Å². The van der Waals surface area contributed by atoms with Gasteiger partial charge >= 0.3 is 0 Å². The maximum absolute atomic E-state index is 12.5. The number of carbonyl (C=O) groups is 1. The summed E-state index contributed by atoms with van der Waals surface area (Å²) in [4.78, 5) is 12.5. The zero-order valence-electron chi connectivity index (χ0n) is 15.7. The Balaban J connectivity index is 1.53. The predicted molar refractivity (Wildman–Crippen MR) is 108 cm³/mol. The predicted octanol–water partition coefficient (Wildman–Crippen LogP) is 5.96. The quantitative estimate of drug-likeness (QED) is 0.336. The Morgan fingerprint density at radius 1 is 0.917 bits per heavy atom. The van der Waals surface area contributed by atoms with Crippen LogP contribution >= 0.6 is 0 Å². The maximum atomic E-state index is 12.5. The molecule has 0 saturated carbocycles. The van der Waals surface area contributed by atoms with Crippen molar-refractivity contribution in [3.8, 4) is 0 Å². The summed E-state index contributed by atoms with van der Waals surface area (Å²) >= 11 is 0. The molecule has 1 aliphatic carbocycles. The van der Waals surface area contributed by atoms with Crippen LogP contribution in [0.5, 0.6) is 0 Å². The number of hydrogen-bond donors (Lipinski definition) is 0. The third kappa shape index (κ3) is 5.95. The van der Waals surface area contributed by atoms with Gasteiger partial charge in [-0.15, -0.1) is 0 Å². The molecule has 2 atom stereocenters. The van der Waals surface area contributed by atoms with E-state index in [0.717, 1.165) is 12.0 Å². The fourth-order valence-corrected chi connectivity index (χ4v) is 5.59. The Morgan fingerprint density at radius 2 is 1.50 bits per heavy atom. The van der Waals surface area contributed by atoms with E-state index in [-0.39, 0.29) is 16.1 Å². The number of carbonyl (C=O) groups excluding carboxylic acids is 1. The smallest absolute Gasteiger partial charge is 0.215 e. The Morgan fingerprint density at radius 3 is 2.12 bits per heavy atom. The second-order valence-corrected chi connectivity index (χ2v) is 9.65. The number of hydrogen-bond acceptors (Lipinski definition) is 1. The van der Waals surface area contributed by atoms with Crippen molar-refractivity contribution in [2.24, 2.45) is 0 Å². The van der Waals surface area contributed by atoms with Crippen molar-refractivity contribution in [2.45, 2.75) is 82.8 Å². The topological polar surface area (TPSA) is 17.1 Å². The van der Waals surface area contributed by atoms with E-state index in [2.05, 4.69) is 25.3 Å². The van der Waals surface area contributed by atoms with E-state index in [1.54, 1.807) is 0 Å². The van der Waals surface area contributed by atoms with Crippen LogP contribution in [0.15, 0.2) is 24.3 Å². The molecule has 1 nitrogen and oxygen atoms in total. The molecule has 0 aromatic heterocycles. The van der Waals surface area contributed by atoms with Crippen molar-refractivity contribution in [1.29, 1.82) is 0 Å². The van der Waals surface area contributed by atoms with Gasteiger partial charge in [0.15, 0.2) is 5.25 Å². The Kier molecular flexibility index (Phi) is 8.94. The minimum Gasteiger partial charge on any atom is -0.288 e. The van der Waals surface area contributed by atoms with E-state index < -0.39 is 0 Å². The van der Waals surface area contributed by atoms with E-state index in [1.165, 1.54) is 75.5 Å². The van der Waals surface area contributed by atoms with Crippen LogP contribution < -0.4 is 0 Å². The van der Waals surface area contributed by atoms with Crippen LogP contribution in [0.3, 0.4) is 0 Å². The highest BCUT2D eigenvalue weighted by Gasteiger charge is 2.40. The number of Topliss-reactive ketones (excluding diaryl/α,β-unsaturated/α-hetero) is 1. The van der Waals surface area contributed by atoms with Crippen LogP contribution in [0.25, 0.3) is 0 Å². The summed E-state index contributed by atoms with van der Waals surface area (Å²) in [6, 6.07) is 8.19. The number of benzene rings is 1. The van der Waals surface area contributed by atoms with Crippen LogP contribution in [0.2, 0.25) is 0 Å². The lowest BCUT2D eigenvalue weighted by Gasteiger charge is -2.09. The van der Waals surface area contributed by atoms with Gasteiger partial charge in [-0.1, -0.05) is 82.6 Å². The first-order valence-electron chi connectivity index (χ1n) is 9.97. The maximum Gasteiger partial charge on any atom is 0.215 e. The fourth-order valence-electron chi connectivity index (χ4n) is 3.69. The number of ketones is 1. The molecule has 0 heterocycles. The normalized spacial score (nSPS) is 17.9. The second kappa shape index (κ2) is 11.0. The third-order valence-corrected chi connectivity index (χ3v) is 7.57. The first-order valence-corrected chi connectivity index (χ1v) is 11.8. The lowest BCUT2D eigenvalue weighted by atomic mass is 10.1. The molecule has 0 amide bonds. The van der Waals surface area contributed by atoms with Gasteiger partial charge in [0.05, 0.1) is 6.26 Å². The molecule has 0 bridgehead atoms. The van der Waals surface area contributed by atoms with Crippen molar-refractivity contribution >= 4 is 16.7 Å². The van der Waals surface area contributed by atoms with Crippen LogP contribution in [0.1, 0.15) is 87.1 Å². The monoisotopic (exact) mass is 347 g/mol. The van der Waals surface area contributed by atoms with Gasteiger partial charge in [-0.05, 0) is 29.3 Å². The summed E-state index contributed by atoms with van der Waals surface area (Å²) in [6.07, 6.45) is 17.1. The van der Waals surface area contributed by atoms with Crippen molar-refractivity contribution in [3.05, 3.63) is 35.4 Å². The SMILES string of the molecule is CCCCCCCCCCCC[S+](C)C1Cc2ccccc2C1=O. The van der Waals surface area contributed by atoms with Crippen molar-refractivity contribution in [2.75, 3.05) is 12.0 Å². The molecule has 0 radical (unpaired) electrons. The largest absolute Gasteiger partial charge is 0.288 e. The highest BCUT2D eigenvalue weighted by atomic mass is 32.2. The summed E-state index contributed by atoms with van der Waals surface area (Å²) < 4.78 is 0. The summed E-state index contributed by atoms with van der Waals surface area (Å²) in [5.41, 5.74) is 2.26. The van der Waals surface area contributed by atoms with E-state index in [1.807, 2.05) is 12.1 Å². The van der Waals surface area contributed by atoms with Gasteiger partial charge in [-0.3, -0.25) is 4.79 Å². The van der Waals surface area contributed by atoms with Crippen molar-refractivity contribution in [3.63, 3.8) is 0 Å². The lowest BCUT2D eigenvalue weighted by molar-refractivity contribution is 0.0999. The molecule has 2 unspecified atom stereocenters. The van der Waals surface area contributed by atoms with Gasteiger partial charge in [-0.25, -0.2) is 0 Å². The van der Waals surface area contributed by atoms with Gasteiger partial charge in [-0.2, -0.15) is 0 Å². The Labute approximate surface area is 152 Å². The average molecular weight is 348 g/mol. The number of rotatable bonds is 12. The first kappa shape index (κ1) is 19.6. The van der Waals surface area contributed by atoms with E-state index >= 15 is 0 Å². The standard InChI is InChI=1S/C22H35OS/c1-3-4-5-6-7-8-9-10-11-14-17-24(2)21-18-19-15-12-13-16-20(19)22(21)23/h12-13,15-16,21H,3-11,14,17-18H2,1-2H3/q+1. The molecule has 0 aliphatic heterocycles. The van der Waals surface area contributed by atoms with Gasteiger partial charge in [0.2, 0.25) is 5.78 Å². The minimum absolute atomic E-state index is 0.236. The van der Waals surface area contributed by atoms with Crippen LogP contribution in [0.4, 0.5) is 0 Å². The van der Waals surface area contributed by atoms with Gasteiger partial charge < -0.3 is 0 Å². The van der Waals surface area contributed by atoms with Crippen LogP contribution in [-0.4, -0.2) is 23.0 Å². The highest BCUT2D eigenvalue weighted by Crippen LogP contribution is 2.27. The molecule has 2 heteroatoms. The third-order valence-electron chi connectivity index (χ3n) is 5.29. The van der Waals surface area contributed by atoms with E-state index in [4.69, 9.17) is 0 Å². The molecule has 0 spiro atoms. The zero-order valence-corrected chi connectivity index (χ0v) is 16.5. The second-order valence-electron chi connectivity index (χ2n) is 7.29. The number of fused-ring (bicyclic) bond motifs is 1. The van der Waals surface area contributed by atoms with Gasteiger partial charge in [0.1, 0.15) is 5.75 Å². The van der Waals surface area contributed by atoms with Gasteiger partial charge in [0.25, 0.3) is 0 Å². The van der Waals surface area contributed by atoms with Gasteiger partial charge in [0, 0.05) is 12.0 Å². The molecule has 2 rings (SSSR count). The fraction of sp³-hybridized carbons (Fsp3) is 0.682. The first-order chi connectivity index (χ1) is 11.7. The van der Waals surface area contributed by atoms with E-state index in [0.29, 0.717) is 5.78 Å². The molecule has 1 aromatic carbocycles. The summed E-state index contributed by atoms with van der Waals surface area (Å²) in [6.45, 7) is 2.28. The van der Waals surface area contributed by atoms with Crippen LogP contribution in [-0.2, 0) is 17.3 Å². The average Bonchev–Trinajstić information content (AvgIpc) is 2.94. The molecule has 0 N–H and O–H groups in total. The molecule has 1 aliphatic rings. The summed E-state index contributed by atoms with van der Waals surface area (Å²) in [5.74, 6) is 1.64. The zero-order chi connectivity index (χ0) is 17.2. The highest BCUT2D eigenvalue weighted by molar-refractivity contribution is 7.97. The summed E-state index contributed by atoms with van der Waals surface area (Å²) in [5, 5.41) is 0.265. The summed E-state index contributed by atoms with van der Waals surface area (Å²) in [7, 11) is 0.236. The minimum atomic E-state index is 0.236. The molecule has 0 saturated heterocycles. The molecule has 134 valence electrons. The lowest BCUT2D eigenvalue weighted by Crippen LogP contribution is -2.29. The molecular formula is C22H35OS+. The van der Waals surface area contributed by atoms with Crippen molar-refractivity contribution < 1.29 is 4.79 Å². The molecule has 0 fully saturated rings. The Bertz CT molecular complexity index is 496. The number of unbranched alkanes of at least 4 members (excludes halogenated alkanes) is 9. The van der Waals surface area contributed by atoms with E-state index in [9.17, 15) is 4.79 Å². The Hall–Kier alpha value is -0.760. The molecule has 24 heavy (non-hydrogen) atoms. The van der Waals surface area contributed by atoms with Crippen molar-refractivity contribution in [1.82, 2.24) is 0 Å².